The van der Waals surface area contributed by atoms with Gasteiger partial charge >= 0.3 is 23.3 Å². The molecule has 19 heteroatoms. The number of piperidine rings is 2. The van der Waals surface area contributed by atoms with E-state index < -0.39 is 19.7 Å². The number of ether oxygens (including phenoxy) is 2. The highest BCUT2D eigenvalue weighted by Gasteiger charge is 2.34. The summed E-state index contributed by atoms with van der Waals surface area (Å²) in [6.45, 7) is 7.96. The molecular formula is C38H44N8O10S. The molecule has 0 bridgehead atoms. The van der Waals surface area contributed by atoms with E-state index in [1.165, 1.54) is 30.9 Å². The van der Waals surface area contributed by atoms with Crippen molar-refractivity contribution in [2.24, 2.45) is 11.8 Å². The number of nitrogens with zero attached hydrogens (tertiary/aromatic N) is 8. The molecule has 6 rings (SSSR count). The third-order valence-corrected chi connectivity index (χ3v) is 10.7. The Hall–Kier alpha value is -6.11. The number of rotatable bonds is 11. The Morgan fingerprint density at radius 2 is 1.14 bits per heavy atom. The van der Waals surface area contributed by atoms with Crippen molar-refractivity contribution in [3.8, 4) is 22.5 Å². The van der Waals surface area contributed by atoms with Crippen molar-refractivity contribution in [3.63, 3.8) is 0 Å². The van der Waals surface area contributed by atoms with Gasteiger partial charge in [0.15, 0.2) is 21.2 Å². The van der Waals surface area contributed by atoms with E-state index in [0.717, 1.165) is 11.8 Å². The normalized spacial score (nSPS) is 14.9. The predicted molar refractivity (Wildman–Crippen MR) is 209 cm³/mol. The predicted octanol–water partition coefficient (Wildman–Crippen LogP) is 5.37. The van der Waals surface area contributed by atoms with E-state index in [1.54, 1.807) is 30.9 Å². The molecule has 2 saturated heterocycles. The standard InChI is InChI=1S/C19H22N4O6S.C19H22N4O4/c1-3-29-19(24)13-7-9-22(10-8-13)18-17(23(25)26)16(20-12-21-18)14-5-4-6-15(11-14)30(2,27)28;1-3-27-19(24)14-7-9-22(10-8-14)18-17(23(25)26)16(20-12-21-18)15-6-4-5-13(2)11-15/h4-6,11-13H,3,7-10H2,1-2H3;4-6,11-12,14H,3,7-10H2,1-2H3. The first-order chi connectivity index (χ1) is 27.2. The van der Waals surface area contributed by atoms with Crippen molar-refractivity contribution in [3.05, 3.63) is 87.0 Å². The number of aromatic nitrogens is 4. The van der Waals surface area contributed by atoms with Gasteiger partial charge in [-0.2, -0.15) is 0 Å². The van der Waals surface area contributed by atoms with Crippen molar-refractivity contribution < 1.29 is 37.3 Å². The van der Waals surface area contributed by atoms with Gasteiger partial charge in [-0.05, 0) is 64.7 Å². The Morgan fingerprint density at radius 3 is 1.53 bits per heavy atom. The number of anilines is 2. The van der Waals surface area contributed by atoms with E-state index in [2.05, 4.69) is 19.9 Å². The Labute approximate surface area is 329 Å². The SMILES string of the molecule is CCOC(=O)C1CCN(c2ncnc(-c3cccc(C)c3)c2[N+](=O)[O-])CC1.CCOC(=O)C1CCN(c2ncnc(-c3cccc(S(C)(=O)=O)c3)c2[N+](=O)[O-])CC1. The van der Waals surface area contributed by atoms with Gasteiger partial charge in [-0.1, -0.05) is 35.9 Å². The van der Waals surface area contributed by atoms with Crippen LogP contribution in [0.4, 0.5) is 23.0 Å². The number of benzene rings is 2. The van der Waals surface area contributed by atoms with E-state index in [-0.39, 0.29) is 51.6 Å². The molecule has 0 atom stereocenters. The van der Waals surface area contributed by atoms with E-state index in [0.29, 0.717) is 87.7 Å². The summed E-state index contributed by atoms with van der Waals surface area (Å²) in [5.41, 5.74) is 1.96. The maximum atomic E-state index is 11.9. The van der Waals surface area contributed by atoms with Gasteiger partial charge < -0.3 is 19.3 Å². The lowest BCUT2D eigenvalue weighted by Gasteiger charge is -2.31. The molecule has 0 spiro atoms. The van der Waals surface area contributed by atoms with Crippen LogP contribution < -0.4 is 9.80 Å². The number of carbonyl (C=O) groups is 2. The van der Waals surface area contributed by atoms with Gasteiger partial charge in [-0.3, -0.25) is 29.8 Å². The van der Waals surface area contributed by atoms with E-state index in [1.807, 2.05) is 30.0 Å². The summed E-state index contributed by atoms with van der Waals surface area (Å²) in [7, 11) is -3.48. The van der Waals surface area contributed by atoms with Crippen molar-refractivity contribution >= 4 is 44.8 Å². The molecule has 2 aliphatic heterocycles. The van der Waals surface area contributed by atoms with Crippen LogP contribution in [0.25, 0.3) is 22.5 Å². The summed E-state index contributed by atoms with van der Waals surface area (Å²) in [4.78, 5) is 66.8. The summed E-state index contributed by atoms with van der Waals surface area (Å²) < 4.78 is 33.9. The minimum Gasteiger partial charge on any atom is -0.466 e. The highest BCUT2D eigenvalue weighted by Crippen LogP contribution is 2.38. The molecule has 0 amide bonds. The average molecular weight is 805 g/mol. The molecule has 302 valence electrons. The average Bonchev–Trinajstić information content (AvgIpc) is 3.20. The fourth-order valence-corrected chi connectivity index (χ4v) is 7.47. The molecular weight excluding hydrogens is 761 g/mol. The molecule has 0 radical (unpaired) electrons. The van der Waals surface area contributed by atoms with Crippen LogP contribution in [0.2, 0.25) is 0 Å². The van der Waals surface area contributed by atoms with Gasteiger partial charge in [0.05, 0.1) is 39.8 Å². The van der Waals surface area contributed by atoms with Crippen molar-refractivity contribution in [2.75, 3.05) is 55.4 Å². The molecule has 2 fully saturated rings. The van der Waals surface area contributed by atoms with Gasteiger partial charge in [-0.25, -0.2) is 28.4 Å². The lowest BCUT2D eigenvalue weighted by atomic mass is 9.97. The molecule has 0 N–H and O–H groups in total. The smallest absolute Gasteiger partial charge is 0.337 e. The second-order valence-corrected chi connectivity index (χ2v) is 15.5. The Balaban J connectivity index is 0.000000219. The third kappa shape index (κ3) is 10.2. The van der Waals surface area contributed by atoms with Crippen LogP contribution in [-0.4, -0.2) is 95.8 Å². The minimum atomic E-state index is -3.48. The molecule has 2 aromatic heterocycles. The van der Waals surface area contributed by atoms with Crippen molar-refractivity contribution in [1.29, 1.82) is 0 Å². The lowest BCUT2D eigenvalue weighted by Crippen LogP contribution is -2.37. The minimum absolute atomic E-state index is 0.0445. The zero-order valence-electron chi connectivity index (χ0n) is 32.1. The fourth-order valence-electron chi connectivity index (χ4n) is 6.80. The van der Waals surface area contributed by atoms with E-state index in [4.69, 9.17) is 9.47 Å². The quantitative estimate of drug-likeness (QED) is 0.105. The number of hydrogen-bond acceptors (Lipinski definition) is 16. The van der Waals surface area contributed by atoms with Crippen LogP contribution in [0.15, 0.2) is 66.1 Å². The van der Waals surface area contributed by atoms with E-state index in [9.17, 15) is 38.2 Å². The number of nitro groups is 2. The van der Waals surface area contributed by atoms with Crippen LogP contribution in [0, 0.1) is 39.0 Å². The van der Waals surface area contributed by atoms with Crippen molar-refractivity contribution in [1.82, 2.24) is 19.9 Å². The summed E-state index contributed by atoms with van der Waals surface area (Å²) in [6.07, 6.45) is 5.82. The number of esters is 2. The van der Waals surface area contributed by atoms with Gasteiger partial charge in [-0.15, -0.1) is 0 Å². The second kappa shape index (κ2) is 18.7. The molecule has 0 unspecified atom stereocenters. The first-order valence-corrected chi connectivity index (χ1v) is 20.3. The highest BCUT2D eigenvalue weighted by atomic mass is 32.2. The first kappa shape index (κ1) is 42.0. The molecule has 0 aliphatic carbocycles. The summed E-state index contributed by atoms with van der Waals surface area (Å²) in [6, 6.07) is 13.3. The number of carbonyl (C=O) groups excluding carboxylic acids is 2. The van der Waals surface area contributed by atoms with Crippen LogP contribution >= 0.6 is 0 Å². The van der Waals surface area contributed by atoms with Crippen LogP contribution in [0.5, 0.6) is 0 Å². The number of aryl methyl sites for hydroxylation is 1. The summed E-state index contributed by atoms with van der Waals surface area (Å²) >= 11 is 0. The topological polar surface area (TPSA) is 231 Å². The molecule has 4 aromatic rings. The molecule has 57 heavy (non-hydrogen) atoms. The van der Waals surface area contributed by atoms with E-state index >= 15 is 0 Å². The van der Waals surface area contributed by atoms with Gasteiger partial charge in [0.1, 0.15) is 12.7 Å². The first-order valence-electron chi connectivity index (χ1n) is 18.4. The largest absolute Gasteiger partial charge is 0.466 e. The summed E-state index contributed by atoms with van der Waals surface area (Å²) in [5.74, 6) is -0.417. The zero-order chi connectivity index (χ0) is 41.3. The summed E-state index contributed by atoms with van der Waals surface area (Å²) in [5, 5.41) is 23.7. The van der Waals surface area contributed by atoms with Gasteiger partial charge in [0.25, 0.3) is 0 Å². The van der Waals surface area contributed by atoms with Gasteiger partial charge in [0, 0.05) is 43.6 Å². The monoisotopic (exact) mass is 804 g/mol. The Kier molecular flexibility index (Phi) is 13.8. The number of sulfone groups is 1. The molecule has 2 aromatic carbocycles. The van der Waals surface area contributed by atoms with Crippen molar-refractivity contribution in [2.45, 2.75) is 51.3 Å². The maximum absolute atomic E-state index is 11.9. The molecule has 18 nitrogen and oxygen atoms in total. The molecule has 0 saturated carbocycles. The number of hydrogen-bond donors (Lipinski definition) is 0. The lowest BCUT2D eigenvalue weighted by molar-refractivity contribution is -0.384. The highest BCUT2D eigenvalue weighted by molar-refractivity contribution is 7.90. The third-order valence-electron chi connectivity index (χ3n) is 9.63. The van der Waals surface area contributed by atoms with Gasteiger partial charge in [0.2, 0.25) is 11.6 Å². The molecule has 4 heterocycles. The second-order valence-electron chi connectivity index (χ2n) is 13.5. The van der Waals surface area contributed by atoms with Crippen LogP contribution in [0.3, 0.4) is 0 Å². The Morgan fingerprint density at radius 1 is 0.719 bits per heavy atom. The fraction of sp³-hybridized carbons (Fsp3) is 0.421. The zero-order valence-corrected chi connectivity index (χ0v) is 32.9. The Bertz CT molecular complexity index is 2220. The van der Waals surface area contributed by atoms with Crippen LogP contribution in [-0.2, 0) is 28.9 Å². The van der Waals surface area contributed by atoms with Crippen LogP contribution in [0.1, 0.15) is 45.1 Å². The maximum Gasteiger partial charge on any atom is 0.337 e. The molecule has 2 aliphatic rings.